The lowest BCUT2D eigenvalue weighted by Gasteiger charge is -2.40. The SMILES string of the molecule is C=CC(=O)N1CCN(CC(Oc2cnc(C(=O)O)c(C)c2)c2ccc(C3CC3)cn2)C[C@H]1C. The molecule has 1 aliphatic carbocycles. The van der Waals surface area contributed by atoms with Gasteiger partial charge >= 0.3 is 5.97 Å². The number of aromatic nitrogens is 2. The Bertz CT molecular complexity index is 1040. The fourth-order valence-corrected chi connectivity index (χ4v) is 4.34. The minimum Gasteiger partial charge on any atom is -0.481 e. The number of piperazine rings is 1. The normalized spacial score (nSPS) is 19.7. The van der Waals surface area contributed by atoms with Gasteiger partial charge in [-0.05, 0) is 61.9 Å². The van der Waals surface area contributed by atoms with Gasteiger partial charge in [0, 0.05) is 38.4 Å². The number of carboxylic acid groups (broad SMARTS) is 1. The predicted molar refractivity (Wildman–Crippen MR) is 123 cm³/mol. The van der Waals surface area contributed by atoms with Gasteiger partial charge in [0.1, 0.15) is 5.75 Å². The van der Waals surface area contributed by atoms with E-state index in [1.807, 2.05) is 24.1 Å². The predicted octanol–water partition coefficient (Wildman–Crippen LogP) is 3.20. The zero-order chi connectivity index (χ0) is 23.5. The quantitative estimate of drug-likeness (QED) is 0.617. The summed E-state index contributed by atoms with van der Waals surface area (Å²) in [6.07, 6.45) is 6.82. The smallest absolute Gasteiger partial charge is 0.354 e. The summed E-state index contributed by atoms with van der Waals surface area (Å²) in [5.74, 6) is 0.0166. The lowest BCUT2D eigenvalue weighted by atomic mass is 10.1. The molecule has 33 heavy (non-hydrogen) atoms. The number of hydrogen-bond donors (Lipinski definition) is 1. The molecule has 1 saturated heterocycles. The number of amides is 1. The number of rotatable bonds is 8. The van der Waals surface area contributed by atoms with E-state index in [9.17, 15) is 14.7 Å². The third-order valence-electron chi connectivity index (χ3n) is 6.32. The average molecular weight is 451 g/mol. The maximum absolute atomic E-state index is 12.1. The zero-order valence-electron chi connectivity index (χ0n) is 19.1. The van der Waals surface area contributed by atoms with Crippen molar-refractivity contribution in [3.63, 3.8) is 0 Å². The minimum atomic E-state index is -1.06. The van der Waals surface area contributed by atoms with E-state index in [0.29, 0.717) is 30.3 Å². The van der Waals surface area contributed by atoms with Crippen molar-refractivity contribution >= 4 is 11.9 Å². The van der Waals surface area contributed by atoms with Gasteiger partial charge in [-0.1, -0.05) is 12.6 Å². The van der Waals surface area contributed by atoms with E-state index < -0.39 is 5.97 Å². The van der Waals surface area contributed by atoms with Crippen molar-refractivity contribution < 1.29 is 19.4 Å². The summed E-state index contributed by atoms with van der Waals surface area (Å²) in [6, 6.07) is 5.90. The van der Waals surface area contributed by atoms with Gasteiger partial charge in [-0.3, -0.25) is 14.7 Å². The van der Waals surface area contributed by atoms with Crippen molar-refractivity contribution in [2.45, 2.75) is 44.8 Å². The second kappa shape index (κ2) is 9.70. The van der Waals surface area contributed by atoms with E-state index in [1.165, 1.54) is 30.7 Å². The monoisotopic (exact) mass is 450 g/mol. The van der Waals surface area contributed by atoms with Gasteiger partial charge < -0.3 is 14.7 Å². The first-order valence-corrected chi connectivity index (χ1v) is 11.3. The lowest BCUT2D eigenvalue weighted by Crippen LogP contribution is -2.54. The number of nitrogens with zero attached hydrogens (tertiary/aromatic N) is 4. The molecule has 1 unspecified atom stereocenters. The number of pyridine rings is 2. The topological polar surface area (TPSA) is 95.9 Å². The Labute approximate surface area is 193 Å². The Kier molecular flexibility index (Phi) is 6.74. The molecule has 4 rings (SSSR count). The third kappa shape index (κ3) is 5.39. The number of aromatic carboxylic acids is 1. The molecule has 1 saturated carbocycles. The second-order valence-corrected chi connectivity index (χ2v) is 8.88. The Balaban J connectivity index is 1.52. The Morgan fingerprint density at radius 2 is 2.06 bits per heavy atom. The fraction of sp³-hybridized carbons (Fsp3) is 0.440. The summed E-state index contributed by atoms with van der Waals surface area (Å²) in [5.41, 5.74) is 2.63. The van der Waals surface area contributed by atoms with Gasteiger partial charge in [0.05, 0.1) is 11.9 Å². The average Bonchev–Trinajstić information content (AvgIpc) is 3.64. The van der Waals surface area contributed by atoms with Crippen LogP contribution in [0.25, 0.3) is 0 Å². The first-order valence-electron chi connectivity index (χ1n) is 11.3. The molecular weight excluding hydrogens is 420 g/mol. The molecule has 0 bridgehead atoms. The molecule has 0 aromatic carbocycles. The molecule has 2 aliphatic rings. The van der Waals surface area contributed by atoms with E-state index in [4.69, 9.17) is 9.72 Å². The molecule has 8 nitrogen and oxygen atoms in total. The number of ether oxygens (including phenoxy) is 1. The number of carbonyl (C=O) groups excluding carboxylic acids is 1. The molecular formula is C25H30N4O4. The van der Waals surface area contributed by atoms with Crippen LogP contribution in [0.2, 0.25) is 0 Å². The minimum absolute atomic E-state index is 0.0163. The van der Waals surface area contributed by atoms with E-state index >= 15 is 0 Å². The van der Waals surface area contributed by atoms with Crippen molar-refractivity contribution in [2.75, 3.05) is 26.2 Å². The largest absolute Gasteiger partial charge is 0.481 e. The van der Waals surface area contributed by atoms with Crippen LogP contribution in [0.4, 0.5) is 0 Å². The van der Waals surface area contributed by atoms with Gasteiger partial charge in [0.25, 0.3) is 0 Å². The molecule has 0 spiro atoms. The molecule has 8 heteroatoms. The van der Waals surface area contributed by atoms with Gasteiger partial charge in [0.15, 0.2) is 11.8 Å². The van der Waals surface area contributed by atoms with E-state index in [-0.39, 0.29) is 23.7 Å². The van der Waals surface area contributed by atoms with Crippen LogP contribution in [0.1, 0.15) is 59.1 Å². The van der Waals surface area contributed by atoms with Crippen LogP contribution in [0, 0.1) is 6.92 Å². The van der Waals surface area contributed by atoms with Crippen LogP contribution >= 0.6 is 0 Å². The Morgan fingerprint density at radius 1 is 1.27 bits per heavy atom. The summed E-state index contributed by atoms with van der Waals surface area (Å²) in [4.78, 5) is 36.2. The molecule has 3 heterocycles. The Hall–Kier alpha value is -3.26. The van der Waals surface area contributed by atoms with Crippen molar-refractivity contribution in [2.24, 2.45) is 0 Å². The van der Waals surface area contributed by atoms with Crippen LogP contribution in [0.15, 0.2) is 43.2 Å². The Morgan fingerprint density at radius 3 is 2.64 bits per heavy atom. The lowest BCUT2D eigenvalue weighted by molar-refractivity contribution is -0.130. The number of carbonyl (C=O) groups is 2. The fourth-order valence-electron chi connectivity index (χ4n) is 4.34. The molecule has 2 fully saturated rings. The molecule has 2 aromatic heterocycles. The number of aryl methyl sites for hydroxylation is 1. The van der Waals surface area contributed by atoms with E-state index in [1.54, 1.807) is 13.0 Å². The van der Waals surface area contributed by atoms with Crippen molar-refractivity contribution in [3.05, 3.63) is 65.8 Å². The van der Waals surface area contributed by atoms with Crippen LogP contribution in [-0.2, 0) is 4.79 Å². The van der Waals surface area contributed by atoms with Gasteiger partial charge in [-0.2, -0.15) is 0 Å². The summed E-state index contributed by atoms with van der Waals surface area (Å²) >= 11 is 0. The first kappa shape index (κ1) is 22.9. The molecule has 1 N–H and O–H groups in total. The van der Waals surface area contributed by atoms with Crippen LogP contribution in [0.5, 0.6) is 5.75 Å². The second-order valence-electron chi connectivity index (χ2n) is 8.88. The number of hydrogen-bond acceptors (Lipinski definition) is 6. The highest BCUT2D eigenvalue weighted by Crippen LogP contribution is 2.39. The molecule has 2 atom stereocenters. The van der Waals surface area contributed by atoms with E-state index in [0.717, 1.165) is 18.8 Å². The summed E-state index contributed by atoms with van der Waals surface area (Å²) in [5, 5.41) is 9.26. The molecule has 1 amide bonds. The van der Waals surface area contributed by atoms with Crippen LogP contribution < -0.4 is 4.74 Å². The van der Waals surface area contributed by atoms with Crippen LogP contribution in [-0.4, -0.2) is 69.0 Å². The standard InChI is InChI=1S/C25H30N4O4/c1-4-23(30)29-10-9-28(14-17(29)3)15-22(21-8-7-19(12-26-21)18-5-6-18)33-20-11-16(2)24(25(31)32)27-13-20/h4,7-8,11-13,17-18,22H,1,5-6,9-10,14-15H2,2-3H3,(H,31,32)/t17-,22?/m1/s1. The molecule has 0 radical (unpaired) electrons. The number of carboxylic acids is 1. The highest BCUT2D eigenvalue weighted by molar-refractivity contribution is 5.87. The van der Waals surface area contributed by atoms with Gasteiger partial charge in [0.2, 0.25) is 5.91 Å². The molecule has 2 aromatic rings. The highest BCUT2D eigenvalue weighted by Gasteiger charge is 2.30. The maximum atomic E-state index is 12.1. The van der Waals surface area contributed by atoms with Crippen molar-refractivity contribution in [1.29, 1.82) is 0 Å². The van der Waals surface area contributed by atoms with Crippen molar-refractivity contribution in [3.8, 4) is 5.75 Å². The molecule has 174 valence electrons. The zero-order valence-corrected chi connectivity index (χ0v) is 19.1. The van der Waals surface area contributed by atoms with Gasteiger partial charge in [-0.15, -0.1) is 0 Å². The summed E-state index contributed by atoms with van der Waals surface area (Å²) in [6.45, 7) is 9.99. The van der Waals surface area contributed by atoms with Crippen molar-refractivity contribution in [1.82, 2.24) is 19.8 Å². The van der Waals surface area contributed by atoms with Crippen LogP contribution in [0.3, 0.4) is 0 Å². The third-order valence-corrected chi connectivity index (χ3v) is 6.32. The first-order chi connectivity index (χ1) is 15.9. The summed E-state index contributed by atoms with van der Waals surface area (Å²) < 4.78 is 6.31. The molecule has 1 aliphatic heterocycles. The summed E-state index contributed by atoms with van der Waals surface area (Å²) in [7, 11) is 0. The maximum Gasteiger partial charge on any atom is 0.354 e. The van der Waals surface area contributed by atoms with E-state index in [2.05, 4.69) is 22.5 Å². The highest BCUT2D eigenvalue weighted by atomic mass is 16.5. The van der Waals surface area contributed by atoms with Gasteiger partial charge in [-0.25, -0.2) is 9.78 Å².